The van der Waals surface area contributed by atoms with Gasteiger partial charge in [-0.2, -0.15) is 0 Å². The number of benzene rings is 1. The smallest absolute Gasteiger partial charge is 0.166 e. The summed E-state index contributed by atoms with van der Waals surface area (Å²) in [6, 6.07) is 11.9. The zero-order valence-corrected chi connectivity index (χ0v) is 9.96. The fourth-order valence-electron chi connectivity index (χ4n) is 2.05. The van der Waals surface area contributed by atoms with Gasteiger partial charge in [0.15, 0.2) is 5.11 Å². The third kappa shape index (κ3) is 2.35. The maximum Gasteiger partial charge on any atom is 0.166 e. The summed E-state index contributed by atoms with van der Waals surface area (Å²) >= 11 is 5.27. The summed E-state index contributed by atoms with van der Waals surface area (Å²) in [5.41, 5.74) is 1.43. The van der Waals surface area contributed by atoms with Gasteiger partial charge < -0.3 is 10.6 Å². The number of hydrogen-bond acceptors (Lipinski definition) is 1. The van der Waals surface area contributed by atoms with Crippen molar-refractivity contribution < 1.29 is 0 Å². The summed E-state index contributed by atoms with van der Waals surface area (Å²) in [7, 11) is 0. The number of rotatable bonds is 3. The van der Waals surface area contributed by atoms with Crippen molar-refractivity contribution in [1.29, 1.82) is 0 Å². The van der Waals surface area contributed by atoms with Crippen LogP contribution < -0.4 is 10.6 Å². The van der Waals surface area contributed by atoms with Gasteiger partial charge in [0.25, 0.3) is 0 Å². The van der Waals surface area contributed by atoms with Crippen LogP contribution in [0.2, 0.25) is 0 Å². The van der Waals surface area contributed by atoms with Crippen molar-refractivity contribution in [2.24, 2.45) is 0 Å². The highest BCUT2D eigenvalue weighted by atomic mass is 32.1. The van der Waals surface area contributed by atoms with Crippen molar-refractivity contribution in [3.8, 4) is 0 Å². The quantitative estimate of drug-likeness (QED) is 0.781. The molecule has 0 bridgehead atoms. The predicted molar refractivity (Wildman–Crippen MR) is 69.5 cm³/mol. The van der Waals surface area contributed by atoms with Crippen LogP contribution in [-0.2, 0) is 0 Å². The number of nitrogens with one attached hydrogen (secondary N) is 2. The van der Waals surface area contributed by atoms with E-state index < -0.39 is 0 Å². The molecule has 2 atom stereocenters. The highest BCUT2D eigenvalue weighted by molar-refractivity contribution is 7.80. The Morgan fingerprint density at radius 2 is 1.88 bits per heavy atom. The summed E-state index contributed by atoms with van der Waals surface area (Å²) < 4.78 is 0. The molecule has 1 aromatic carbocycles. The second-order valence-electron chi connectivity index (χ2n) is 4.75. The minimum Gasteiger partial charge on any atom is -0.360 e. The molecule has 2 aliphatic carbocycles. The Labute approximate surface area is 101 Å². The van der Waals surface area contributed by atoms with E-state index in [2.05, 4.69) is 41.0 Å². The lowest BCUT2D eigenvalue weighted by molar-refractivity contribution is 0.808. The van der Waals surface area contributed by atoms with E-state index >= 15 is 0 Å². The molecule has 0 spiro atoms. The van der Waals surface area contributed by atoms with Gasteiger partial charge in [-0.15, -0.1) is 0 Å². The lowest BCUT2D eigenvalue weighted by Gasteiger charge is -2.09. The van der Waals surface area contributed by atoms with E-state index in [-0.39, 0.29) is 0 Å². The molecule has 0 heterocycles. The SMILES string of the molecule is S=C(NC1CC1)N[C@H]1C[C@H]1c1ccccc1. The largest absolute Gasteiger partial charge is 0.360 e. The molecule has 2 fully saturated rings. The molecule has 2 nitrogen and oxygen atoms in total. The molecule has 3 heteroatoms. The standard InChI is InChI=1S/C13H16N2S/c16-13(14-10-6-7-10)15-12-8-11(12)9-4-2-1-3-5-9/h1-5,10-12H,6-8H2,(H2,14,15,16)/t11-,12-/m0/s1. The van der Waals surface area contributed by atoms with Gasteiger partial charge in [0, 0.05) is 18.0 Å². The van der Waals surface area contributed by atoms with Gasteiger partial charge in [-0.25, -0.2) is 0 Å². The highest BCUT2D eigenvalue weighted by Crippen LogP contribution is 2.40. The van der Waals surface area contributed by atoms with Gasteiger partial charge in [0.2, 0.25) is 0 Å². The van der Waals surface area contributed by atoms with Crippen LogP contribution in [0.5, 0.6) is 0 Å². The monoisotopic (exact) mass is 232 g/mol. The maximum atomic E-state index is 5.27. The van der Waals surface area contributed by atoms with E-state index in [1.807, 2.05) is 0 Å². The number of hydrogen-bond donors (Lipinski definition) is 2. The second-order valence-corrected chi connectivity index (χ2v) is 5.16. The Morgan fingerprint density at radius 1 is 1.12 bits per heavy atom. The van der Waals surface area contributed by atoms with Crippen LogP contribution >= 0.6 is 12.2 Å². The Morgan fingerprint density at radius 3 is 2.56 bits per heavy atom. The fourth-order valence-corrected chi connectivity index (χ4v) is 2.36. The minimum absolute atomic E-state index is 0.543. The molecule has 0 radical (unpaired) electrons. The summed E-state index contributed by atoms with van der Waals surface area (Å²) in [6.45, 7) is 0. The van der Waals surface area contributed by atoms with E-state index in [9.17, 15) is 0 Å². The van der Waals surface area contributed by atoms with Crippen molar-refractivity contribution in [3.63, 3.8) is 0 Å². The molecule has 16 heavy (non-hydrogen) atoms. The molecule has 1 aromatic rings. The first-order valence-electron chi connectivity index (χ1n) is 5.95. The van der Waals surface area contributed by atoms with Crippen molar-refractivity contribution in [2.45, 2.75) is 37.3 Å². The van der Waals surface area contributed by atoms with Crippen LogP contribution in [-0.4, -0.2) is 17.2 Å². The molecule has 0 aromatic heterocycles. The van der Waals surface area contributed by atoms with Gasteiger partial charge in [-0.05, 0) is 37.0 Å². The van der Waals surface area contributed by atoms with E-state index in [1.54, 1.807) is 0 Å². The summed E-state index contributed by atoms with van der Waals surface area (Å²) in [4.78, 5) is 0. The van der Waals surface area contributed by atoms with Gasteiger partial charge in [-0.3, -0.25) is 0 Å². The predicted octanol–water partition coefficient (Wildman–Crippen LogP) is 2.17. The average molecular weight is 232 g/mol. The lowest BCUT2D eigenvalue weighted by Crippen LogP contribution is -2.38. The van der Waals surface area contributed by atoms with Gasteiger partial charge in [0.1, 0.15) is 0 Å². The molecule has 2 aliphatic rings. The second kappa shape index (κ2) is 4.06. The normalized spacial score (nSPS) is 27.2. The molecule has 2 N–H and O–H groups in total. The van der Waals surface area contributed by atoms with Crippen LogP contribution in [0.15, 0.2) is 30.3 Å². The number of thiocarbonyl (C=S) groups is 1. The average Bonchev–Trinajstić information content (AvgIpc) is 3.16. The first-order valence-corrected chi connectivity index (χ1v) is 6.36. The van der Waals surface area contributed by atoms with Gasteiger partial charge >= 0.3 is 0 Å². The molecular formula is C13H16N2S. The molecule has 0 aliphatic heterocycles. The minimum atomic E-state index is 0.543. The summed E-state index contributed by atoms with van der Waals surface area (Å²) in [5.74, 6) is 0.653. The van der Waals surface area contributed by atoms with Crippen LogP contribution in [0.3, 0.4) is 0 Å². The van der Waals surface area contributed by atoms with E-state index in [0.29, 0.717) is 18.0 Å². The molecule has 3 rings (SSSR count). The topological polar surface area (TPSA) is 24.1 Å². The van der Waals surface area contributed by atoms with Crippen molar-refractivity contribution >= 4 is 17.3 Å². The van der Waals surface area contributed by atoms with Crippen LogP contribution in [0, 0.1) is 0 Å². The van der Waals surface area contributed by atoms with Crippen LogP contribution in [0.25, 0.3) is 0 Å². The van der Waals surface area contributed by atoms with Gasteiger partial charge in [0.05, 0.1) is 0 Å². The first kappa shape index (κ1) is 10.1. The van der Waals surface area contributed by atoms with E-state index in [0.717, 1.165) is 5.11 Å². The third-order valence-electron chi connectivity index (χ3n) is 3.25. The van der Waals surface area contributed by atoms with E-state index in [1.165, 1.54) is 24.8 Å². The molecular weight excluding hydrogens is 216 g/mol. The zero-order valence-electron chi connectivity index (χ0n) is 9.15. The first-order chi connectivity index (χ1) is 7.83. The molecule has 0 unspecified atom stereocenters. The maximum absolute atomic E-state index is 5.27. The van der Waals surface area contributed by atoms with Crippen molar-refractivity contribution in [1.82, 2.24) is 10.6 Å². The molecule has 84 valence electrons. The fraction of sp³-hybridized carbons (Fsp3) is 0.462. The summed E-state index contributed by atoms with van der Waals surface area (Å²) in [6.07, 6.45) is 3.75. The third-order valence-corrected chi connectivity index (χ3v) is 3.48. The van der Waals surface area contributed by atoms with Crippen LogP contribution in [0.4, 0.5) is 0 Å². The Hall–Kier alpha value is -1.09. The van der Waals surface area contributed by atoms with Crippen molar-refractivity contribution in [3.05, 3.63) is 35.9 Å². The zero-order chi connectivity index (χ0) is 11.0. The summed E-state index contributed by atoms with van der Waals surface area (Å²) in [5, 5.41) is 7.55. The Bertz CT molecular complexity index is 386. The lowest BCUT2D eigenvalue weighted by atomic mass is 10.1. The van der Waals surface area contributed by atoms with Crippen LogP contribution in [0.1, 0.15) is 30.7 Å². The molecule has 0 saturated heterocycles. The highest BCUT2D eigenvalue weighted by Gasteiger charge is 2.39. The molecule has 2 saturated carbocycles. The van der Waals surface area contributed by atoms with Crippen molar-refractivity contribution in [2.75, 3.05) is 0 Å². The Kier molecular flexibility index (Phi) is 2.56. The van der Waals surface area contributed by atoms with Gasteiger partial charge in [-0.1, -0.05) is 30.3 Å². The Balaban J connectivity index is 1.50. The van der Waals surface area contributed by atoms with E-state index in [4.69, 9.17) is 12.2 Å². The molecule has 0 amide bonds.